The van der Waals surface area contributed by atoms with Crippen LogP contribution in [0.1, 0.15) is 29.7 Å². The SMILES string of the molecule is Cc1ccc2ncc(C#N)c(NC3CCCN(c4cc(C)nn4C)C3)c2c1. The van der Waals surface area contributed by atoms with E-state index in [-0.39, 0.29) is 6.04 Å². The summed E-state index contributed by atoms with van der Waals surface area (Å²) in [6, 6.07) is 10.9. The zero-order valence-corrected chi connectivity index (χ0v) is 16.0. The van der Waals surface area contributed by atoms with Crippen molar-refractivity contribution in [3.63, 3.8) is 0 Å². The molecule has 3 heterocycles. The summed E-state index contributed by atoms with van der Waals surface area (Å²) in [7, 11) is 1.99. The van der Waals surface area contributed by atoms with Crippen molar-refractivity contribution >= 4 is 22.4 Å². The standard InChI is InChI=1S/C21H24N6/c1-14-6-7-19-18(9-14)21(16(11-22)12-23-19)24-17-5-4-8-27(13-17)20-10-15(2)25-26(20)3/h6-7,9-10,12,17H,4-5,8,13H2,1-3H3,(H,23,24). The van der Waals surface area contributed by atoms with Crippen molar-refractivity contribution < 1.29 is 0 Å². The number of rotatable bonds is 3. The minimum atomic E-state index is 0.271. The van der Waals surface area contributed by atoms with Gasteiger partial charge in [0.2, 0.25) is 0 Å². The first-order chi connectivity index (χ1) is 13.0. The molecule has 6 nitrogen and oxygen atoms in total. The molecule has 1 N–H and O–H groups in total. The van der Waals surface area contributed by atoms with Gasteiger partial charge in [0.15, 0.2) is 0 Å². The molecule has 0 saturated carbocycles. The molecule has 2 aromatic heterocycles. The number of aryl methyl sites for hydroxylation is 3. The Morgan fingerprint density at radius 3 is 2.85 bits per heavy atom. The molecule has 0 bridgehead atoms. The van der Waals surface area contributed by atoms with Gasteiger partial charge >= 0.3 is 0 Å². The summed E-state index contributed by atoms with van der Waals surface area (Å²) in [5.41, 5.74) is 4.61. The molecule has 1 aliphatic rings. The Bertz CT molecular complexity index is 1030. The van der Waals surface area contributed by atoms with E-state index in [4.69, 9.17) is 0 Å². The minimum absolute atomic E-state index is 0.271. The fourth-order valence-electron chi connectivity index (χ4n) is 3.95. The van der Waals surface area contributed by atoms with E-state index in [1.165, 1.54) is 0 Å². The van der Waals surface area contributed by atoms with Crippen molar-refractivity contribution in [3.05, 3.63) is 47.3 Å². The van der Waals surface area contributed by atoms with E-state index in [0.29, 0.717) is 5.56 Å². The highest BCUT2D eigenvalue weighted by molar-refractivity contribution is 5.94. The minimum Gasteiger partial charge on any atom is -0.379 e. The van der Waals surface area contributed by atoms with Crippen molar-refractivity contribution in [1.82, 2.24) is 14.8 Å². The van der Waals surface area contributed by atoms with Crippen molar-refractivity contribution in [1.29, 1.82) is 5.26 Å². The number of aromatic nitrogens is 3. The molecule has 1 unspecified atom stereocenters. The van der Waals surface area contributed by atoms with Gasteiger partial charge in [0.05, 0.1) is 22.5 Å². The van der Waals surface area contributed by atoms with Gasteiger partial charge in [-0.2, -0.15) is 10.4 Å². The van der Waals surface area contributed by atoms with Gasteiger partial charge in [0.1, 0.15) is 11.9 Å². The predicted octanol–water partition coefficient (Wildman–Crippen LogP) is 3.54. The van der Waals surface area contributed by atoms with Gasteiger partial charge in [-0.1, -0.05) is 11.6 Å². The molecular formula is C21H24N6. The predicted molar refractivity (Wildman–Crippen MR) is 108 cm³/mol. The lowest BCUT2D eigenvalue weighted by molar-refractivity contribution is 0.519. The van der Waals surface area contributed by atoms with E-state index in [9.17, 15) is 5.26 Å². The Kier molecular flexibility index (Phi) is 4.44. The summed E-state index contributed by atoms with van der Waals surface area (Å²) < 4.78 is 1.95. The molecule has 1 aliphatic heterocycles. The van der Waals surface area contributed by atoms with Gasteiger partial charge in [-0.15, -0.1) is 0 Å². The zero-order chi connectivity index (χ0) is 19.0. The Labute approximate surface area is 159 Å². The normalized spacial score (nSPS) is 17.1. The number of nitriles is 1. The fourth-order valence-corrected chi connectivity index (χ4v) is 3.95. The first kappa shape index (κ1) is 17.3. The lowest BCUT2D eigenvalue weighted by atomic mass is 10.0. The number of nitrogens with one attached hydrogen (secondary N) is 1. The second-order valence-electron chi connectivity index (χ2n) is 7.38. The van der Waals surface area contributed by atoms with Crippen LogP contribution in [0.15, 0.2) is 30.5 Å². The lowest BCUT2D eigenvalue weighted by Gasteiger charge is -2.35. The fraction of sp³-hybridized carbons (Fsp3) is 0.381. The topological polar surface area (TPSA) is 69.8 Å². The maximum Gasteiger partial charge on any atom is 0.126 e. The number of hydrogen-bond donors (Lipinski definition) is 1. The largest absolute Gasteiger partial charge is 0.379 e. The molecule has 138 valence electrons. The molecule has 1 fully saturated rings. The molecule has 6 heteroatoms. The van der Waals surface area contributed by atoms with Crippen LogP contribution < -0.4 is 10.2 Å². The number of benzene rings is 1. The lowest BCUT2D eigenvalue weighted by Crippen LogP contribution is -2.43. The number of pyridine rings is 1. The van der Waals surface area contributed by atoms with Crippen LogP contribution in [-0.2, 0) is 7.05 Å². The summed E-state index contributed by atoms with van der Waals surface area (Å²) in [5.74, 6) is 1.15. The molecule has 3 aromatic rings. The number of nitrogens with zero attached hydrogens (tertiary/aromatic N) is 5. The highest BCUT2D eigenvalue weighted by Gasteiger charge is 2.23. The second-order valence-corrected chi connectivity index (χ2v) is 7.38. The van der Waals surface area contributed by atoms with Gasteiger partial charge in [0.25, 0.3) is 0 Å². The number of piperidine rings is 1. The van der Waals surface area contributed by atoms with Crippen molar-refractivity contribution in [2.24, 2.45) is 7.05 Å². The Morgan fingerprint density at radius 2 is 2.11 bits per heavy atom. The van der Waals surface area contributed by atoms with Crippen molar-refractivity contribution in [2.45, 2.75) is 32.7 Å². The van der Waals surface area contributed by atoms with Crippen LogP contribution in [0.3, 0.4) is 0 Å². The zero-order valence-electron chi connectivity index (χ0n) is 16.0. The summed E-state index contributed by atoms with van der Waals surface area (Å²) in [4.78, 5) is 6.82. The average molecular weight is 360 g/mol. The summed E-state index contributed by atoms with van der Waals surface area (Å²) in [5, 5.41) is 18.7. The first-order valence-electron chi connectivity index (χ1n) is 9.37. The van der Waals surface area contributed by atoms with Crippen LogP contribution in [0, 0.1) is 25.2 Å². The molecule has 0 aliphatic carbocycles. The maximum absolute atomic E-state index is 9.59. The van der Waals surface area contributed by atoms with E-state index in [0.717, 1.165) is 59.6 Å². The molecule has 0 spiro atoms. The van der Waals surface area contributed by atoms with E-state index in [1.54, 1.807) is 6.20 Å². The third-order valence-corrected chi connectivity index (χ3v) is 5.22. The summed E-state index contributed by atoms with van der Waals surface area (Å²) >= 11 is 0. The molecule has 4 rings (SSSR count). The molecular weight excluding hydrogens is 336 g/mol. The van der Waals surface area contributed by atoms with Crippen LogP contribution in [0.5, 0.6) is 0 Å². The van der Waals surface area contributed by atoms with Gasteiger partial charge in [-0.25, -0.2) is 0 Å². The van der Waals surface area contributed by atoms with Gasteiger partial charge in [-0.05, 0) is 38.8 Å². The van der Waals surface area contributed by atoms with Crippen LogP contribution in [0.25, 0.3) is 10.9 Å². The smallest absolute Gasteiger partial charge is 0.126 e. The number of hydrogen-bond acceptors (Lipinski definition) is 5. The molecule has 27 heavy (non-hydrogen) atoms. The maximum atomic E-state index is 9.59. The Hall–Kier alpha value is -3.07. The van der Waals surface area contributed by atoms with Crippen LogP contribution in [-0.4, -0.2) is 33.9 Å². The van der Waals surface area contributed by atoms with Crippen molar-refractivity contribution in [2.75, 3.05) is 23.3 Å². The third kappa shape index (κ3) is 3.33. The van der Waals surface area contributed by atoms with Gasteiger partial charge < -0.3 is 10.2 Å². The monoisotopic (exact) mass is 360 g/mol. The van der Waals surface area contributed by atoms with E-state index < -0.39 is 0 Å². The molecule has 1 atom stereocenters. The van der Waals surface area contributed by atoms with Crippen LogP contribution in [0.2, 0.25) is 0 Å². The number of anilines is 2. The molecule has 0 amide bonds. The molecule has 1 saturated heterocycles. The molecule has 1 aromatic carbocycles. The second kappa shape index (κ2) is 6.92. The van der Waals surface area contributed by atoms with E-state index in [2.05, 4.69) is 51.5 Å². The highest BCUT2D eigenvalue weighted by Crippen LogP contribution is 2.29. The number of fused-ring (bicyclic) bond motifs is 1. The quantitative estimate of drug-likeness (QED) is 0.774. The summed E-state index contributed by atoms with van der Waals surface area (Å²) in [6.45, 7) is 6.00. The first-order valence-corrected chi connectivity index (χ1v) is 9.37. The summed E-state index contributed by atoms with van der Waals surface area (Å²) in [6.07, 6.45) is 3.85. The highest BCUT2D eigenvalue weighted by atomic mass is 15.4. The average Bonchev–Trinajstić information content (AvgIpc) is 3.00. The van der Waals surface area contributed by atoms with Gasteiger partial charge in [-0.3, -0.25) is 9.67 Å². The van der Waals surface area contributed by atoms with Crippen LogP contribution >= 0.6 is 0 Å². The van der Waals surface area contributed by atoms with E-state index in [1.807, 2.05) is 24.7 Å². The van der Waals surface area contributed by atoms with Crippen molar-refractivity contribution in [3.8, 4) is 6.07 Å². The Balaban J connectivity index is 1.65. The Morgan fingerprint density at radius 1 is 1.26 bits per heavy atom. The molecule has 0 radical (unpaired) electrons. The van der Waals surface area contributed by atoms with E-state index >= 15 is 0 Å². The van der Waals surface area contributed by atoms with Crippen LogP contribution in [0.4, 0.5) is 11.5 Å². The third-order valence-electron chi connectivity index (χ3n) is 5.22. The van der Waals surface area contributed by atoms with Gasteiger partial charge in [0, 0.05) is 43.8 Å².